The minimum Gasteiger partial charge on any atom is -0.497 e. The van der Waals surface area contributed by atoms with E-state index in [-0.39, 0.29) is 25.1 Å². The molecule has 0 unspecified atom stereocenters. The maximum Gasteiger partial charge on any atom is 0.478 e. The van der Waals surface area contributed by atoms with E-state index in [9.17, 15) is 22.8 Å². The van der Waals surface area contributed by atoms with Crippen molar-refractivity contribution in [3.63, 3.8) is 0 Å². The van der Waals surface area contributed by atoms with Crippen LogP contribution in [0.3, 0.4) is 0 Å². The average molecular weight is 425 g/mol. The van der Waals surface area contributed by atoms with Crippen molar-refractivity contribution in [2.75, 3.05) is 20.3 Å². The first-order valence-corrected chi connectivity index (χ1v) is 9.32. The topological polar surface area (TPSA) is 81.2 Å². The largest absolute Gasteiger partial charge is 0.497 e. The normalized spacial score (nSPS) is 13.2. The van der Waals surface area contributed by atoms with Gasteiger partial charge in [0.05, 0.1) is 20.3 Å². The Balaban J connectivity index is 2.29. The van der Waals surface area contributed by atoms with Crippen LogP contribution in [0.5, 0.6) is 5.75 Å². The van der Waals surface area contributed by atoms with E-state index in [4.69, 9.17) is 4.74 Å². The van der Waals surface area contributed by atoms with Crippen LogP contribution in [-0.4, -0.2) is 44.0 Å². The molecule has 0 aliphatic heterocycles. The summed E-state index contributed by atoms with van der Waals surface area (Å²) in [7, 11) is 1.42. The lowest BCUT2D eigenvalue weighted by Crippen LogP contribution is -3.07. The molecule has 2 aromatic rings. The molecular weight excluding hydrogens is 401 g/mol. The molecule has 30 heavy (non-hydrogen) atoms. The molecule has 0 heterocycles. The van der Waals surface area contributed by atoms with Crippen molar-refractivity contribution in [2.24, 2.45) is 0 Å². The van der Waals surface area contributed by atoms with Crippen LogP contribution in [0.2, 0.25) is 0 Å². The van der Waals surface area contributed by atoms with E-state index < -0.39 is 23.7 Å². The zero-order valence-electron chi connectivity index (χ0n) is 16.7. The van der Waals surface area contributed by atoms with Crippen molar-refractivity contribution < 1.29 is 37.6 Å². The first kappa shape index (κ1) is 23.2. The summed E-state index contributed by atoms with van der Waals surface area (Å²) in [5, 5.41) is 2.62. The maximum atomic E-state index is 14.1. The number of nitrogens with one attached hydrogen (secondary N) is 1. The summed E-state index contributed by atoms with van der Waals surface area (Å²) in [6.45, 7) is 1.03. The van der Waals surface area contributed by atoms with Gasteiger partial charge in [0.2, 0.25) is 0 Å². The number of halogens is 3. The van der Waals surface area contributed by atoms with Crippen LogP contribution >= 0.6 is 0 Å². The van der Waals surface area contributed by atoms with Crippen molar-refractivity contribution in [1.82, 2.24) is 5.32 Å². The number of hydrogen-bond donors (Lipinski definition) is 2. The van der Waals surface area contributed by atoms with E-state index in [1.54, 1.807) is 30.3 Å². The molecule has 0 aromatic heterocycles. The summed E-state index contributed by atoms with van der Waals surface area (Å²) >= 11 is 0. The van der Waals surface area contributed by atoms with E-state index in [0.717, 1.165) is 10.9 Å². The molecule has 2 rings (SSSR count). The molecule has 0 bridgehead atoms. The number of ether oxygens (including phenoxy) is 2. The number of nitrogens with two attached hydrogens (primary N) is 1. The minimum absolute atomic E-state index is 0.0508. The molecule has 1 atom stereocenters. The highest BCUT2D eigenvalue weighted by molar-refractivity contribution is 5.97. The van der Waals surface area contributed by atoms with Gasteiger partial charge in [-0.05, 0) is 36.8 Å². The summed E-state index contributed by atoms with van der Waals surface area (Å²) in [6.07, 6.45) is -4.84. The van der Waals surface area contributed by atoms with Crippen LogP contribution in [-0.2, 0) is 16.0 Å². The Morgan fingerprint density at radius 3 is 2.20 bits per heavy atom. The highest BCUT2D eigenvalue weighted by Crippen LogP contribution is 2.27. The van der Waals surface area contributed by atoms with Gasteiger partial charge in [0.25, 0.3) is 5.91 Å². The molecule has 0 radical (unpaired) electrons. The monoisotopic (exact) mass is 425 g/mol. The Labute approximate surface area is 172 Å². The smallest absolute Gasteiger partial charge is 0.478 e. The third-order valence-corrected chi connectivity index (χ3v) is 4.43. The predicted molar refractivity (Wildman–Crippen MR) is 103 cm³/mol. The van der Waals surface area contributed by atoms with Gasteiger partial charge in [-0.15, -0.1) is 0 Å². The summed E-state index contributed by atoms with van der Waals surface area (Å²) in [6, 6.07) is 14.4. The van der Waals surface area contributed by atoms with E-state index in [1.165, 1.54) is 38.3 Å². The fraction of sp³-hybridized carbons (Fsp3) is 0.333. The highest BCUT2D eigenvalue weighted by atomic mass is 19.4. The highest BCUT2D eigenvalue weighted by Gasteiger charge is 2.67. The number of alkyl halides is 3. The van der Waals surface area contributed by atoms with E-state index >= 15 is 0 Å². The number of methoxy groups -OCH3 is 1. The quantitative estimate of drug-likeness (QED) is 0.476. The molecule has 0 spiro atoms. The fourth-order valence-corrected chi connectivity index (χ4v) is 2.83. The van der Waals surface area contributed by atoms with Crippen LogP contribution in [0.25, 0.3) is 0 Å². The number of quaternary nitrogens is 1. The molecule has 0 saturated heterocycles. The molecule has 0 fully saturated rings. The van der Waals surface area contributed by atoms with Crippen LogP contribution < -0.4 is 15.4 Å². The molecule has 3 N–H and O–H groups in total. The van der Waals surface area contributed by atoms with Gasteiger partial charge >= 0.3 is 17.8 Å². The number of hydrogen-bond acceptors (Lipinski definition) is 4. The van der Waals surface area contributed by atoms with Gasteiger partial charge in [0.1, 0.15) is 5.75 Å². The molecule has 0 aliphatic rings. The second-order valence-corrected chi connectivity index (χ2v) is 6.44. The van der Waals surface area contributed by atoms with Gasteiger partial charge in [-0.1, -0.05) is 30.3 Å². The lowest BCUT2D eigenvalue weighted by atomic mass is 10.1. The molecule has 9 heteroatoms. The SMILES string of the molecule is CCOC(=O)[C@](NC(=O)c1ccc(OC)cc1)([NH2+]CCc1ccccc1)C(F)(F)F. The van der Waals surface area contributed by atoms with E-state index in [2.05, 4.69) is 4.74 Å². The van der Waals surface area contributed by atoms with Crippen LogP contribution in [0.1, 0.15) is 22.8 Å². The maximum absolute atomic E-state index is 14.1. The first-order valence-electron chi connectivity index (χ1n) is 9.32. The van der Waals surface area contributed by atoms with Crippen molar-refractivity contribution in [3.05, 3.63) is 65.7 Å². The number of esters is 1. The Hall–Kier alpha value is -3.07. The van der Waals surface area contributed by atoms with E-state index in [1.807, 2.05) is 5.32 Å². The minimum atomic E-state index is -5.10. The number of amides is 1. The molecular formula is C21H24F3N2O4+. The van der Waals surface area contributed by atoms with Gasteiger partial charge in [0, 0.05) is 12.0 Å². The Kier molecular flexibility index (Phi) is 7.82. The predicted octanol–water partition coefficient (Wildman–Crippen LogP) is 2.05. The lowest BCUT2D eigenvalue weighted by Gasteiger charge is -2.31. The van der Waals surface area contributed by atoms with Gasteiger partial charge in [-0.2, -0.15) is 13.2 Å². The molecule has 6 nitrogen and oxygen atoms in total. The lowest BCUT2D eigenvalue weighted by molar-refractivity contribution is -0.743. The van der Waals surface area contributed by atoms with Crippen molar-refractivity contribution in [1.29, 1.82) is 0 Å². The van der Waals surface area contributed by atoms with Crippen molar-refractivity contribution in [3.8, 4) is 5.75 Å². The molecule has 0 saturated carbocycles. The molecule has 0 aliphatic carbocycles. The van der Waals surface area contributed by atoms with Crippen LogP contribution in [0, 0.1) is 0 Å². The van der Waals surface area contributed by atoms with Gasteiger partial charge in [-0.25, -0.2) is 4.79 Å². The number of carbonyl (C=O) groups is 2. The van der Waals surface area contributed by atoms with Crippen molar-refractivity contribution >= 4 is 11.9 Å². The van der Waals surface area contributed by atoms with Crippen molar-refractivity contribution in [2.45, 2.75) is 25.2 Å². The van der Waals surface area contributed by atoms with Crippen LogP contribution in [0.4, 0.5) is 13.2 Å². The summed E-state index contributed by atoms with van der Waals surface area (Å²) in [4.78, 5) is 25.0. The van der Waals surface area contributed by atoms with Crippen LogP contribution in [0.15, 0.2) is 54.6 Å². The summed E-state index contributed by atoms with van der Waals surface area (Å²) < 4.78 is 52.0. The second kappa shape index (κ2) is 10.1. The zero-order valence-corrected chi connectivity index (χ0v) is 16.7. The van der Waals surface area contributed by atoms with E-state index in [0.29, 0.717) is 5.75 Å². The first-order chi connectivity index (χ1) is 14.2. The Bertz CT molecular complexity index is 842. The molecule has 162 valence electrons. The summed E-state index contributed by atoms with van der Waals surface area (Å²) in [5.41, 5.74) is -2.52. The third-order valence-electron chi connectivity index (χ3n) is 4.43. The number of benzene rings is 2. The fourth-order valence-electron chi connectivity index (χ4n) is 2.83. The third kappa shape index (κ3) is 5.50. The van der Waals surface area contributed by atoms with Gasteiger partial charge in [0.15, 0.2) is 0 Å². The molecule has 1 amide bonds. The van der Waals surface area contributed by atoms with Gasteiger partial charge in [-0.3, -0.25) is 10.1 Å². The number of rotatable bonds is 9. The second-order valence-electron chi connectivity index (χ2n) is 6.44. The van der Waals surface area contributed by atoms with Gasteiger partial charge < -0.3 is 14.8 Å². The zero-order chi connectivity index (χ0) is 22.2. The Morgan fingerprint density at radius 1 is 1.03 bits per heavy atom. The summed E-state index contributed by atoms with van der Waals surface area (Å²) in [5.74, 6) is -2.19. The standard InChI is InChI=1S/C21H23F3N2O4/c1-3-30-19(28)20(21(22,23)24,25-14-13-15-7-5-4-6-8-15)26-18(27)16-9-11-17(29-2)12-10-16/h4-12,25H,3,13-14H2,1-2H3,(H,26,27)/p+1/t20-/m1/s1. The number of carbonyl (C=O) groups excluding carboxylic acids is 2. The molecule has 2 aromatic carbocycles. The average Bonchev–Trinajstić information content (AvgIpc) is 2.73. The Morgan fingerprint density at radius 2 is 1.67 bits per heavy atom.